The van der Waals surface area contributed by atoms with Crippen molar-refractivity contribution >= 4 is 40.0 Å². The van der Waals surface area contributed by atoms with Crippen LogP contribution in [0.4, 0.5) is 11.6 Å². The van der Waals surface area contributed by atoms with Crippen LogP contribution in [0.2, 0.25) is 0 Å². The molecule has 7 heteroatoms. The summed E-state index contributed by atoms with van der Waals surface area (Å²) in [4.78, 5) is 2.42. The number of hydrogen-bond acceptors (Lipinski definition) is 6. The maximum Gasteiger partial charge on any atom is 0.269 e. The third-order valence-corrected chi connectivity index (χ3v) is 4.13. The van der Waals surface area contributed by atoms with Crippen LogP contribution < -0.4 is 5.32 Å². The molecule has 112 valence electrons. The summed E-state index contributed by atoms with van der Waals surface area (Å²) in [7, 11) is 0. The number of hydrogen-bond donors (Lipinski definition) is 1. The predicted octanol–water partition coefficient (Wildman–Crippen LogP) is 3.51. The number of benzene rings is 2. The molecule has 0 fully saturated rings. The average Bonchev–Trinajstić information content (AvgIpc) is 3.25. The van der Waals surface area contributed by atoms with Crippen LogP contribution in [0.25, 0.3) is 10.8 Å². The minimum Gasteiger partial charge on any atom is -0.321 e. The second kappa shape index (κ2) is 5.98. The Bertz CT molecular complexity index is 952. The lowest BCUT2D eigenvalue weighted by atomic mass is 10.1. The Morgan fingerprint density at radius 2 is 1.96 bits per heavy atom. The van der Waals surface area contributed by atoms with E-state index in [-0.39, 0.29) is 0 Å². The van der Waals surface area contributed by atoms with E-state index in [4.69, 9.17) is 0 Å². The number of rotatable bonds is 4. The highest BCUT2D eigenvalue weighted by Gasteiger charge is 2.07. The van der Waals surface area contributed by atoms with Crippen molar-refractivity contribution in [3.05, 3.63) is 64.9 Å². The predicted molar refractivity (Wildman–Crippen MR) is 92.4 cm³/mol. The van der Waals surface area contributed by atoms with Crippen molar-refractivity contribution in [3.8, 4) is 0 Å². The number of tetrazole rings is 1. The highest BCUT2D eigenvalue weighted by Crippen LogP contribution is 2.25. The Balaban J connectivity index is 1.66. The highest BCUT2D eigenvalue weighted by atomic mass is 32.1. The Labute approximate surface area is 136 Å². The molecule has 2 aromatic heterocycles. The molecule has 0 bridgehead atoms. The monoisotopic (exact) mass is 320 g/mol. The van der Waals surface area contributed by atoms with Crippen molar-refractivity contribution in [1.29, 1.82) is 0 Å². The lowest BCUT2D eigenvalue weighted by Gasteiger charge is -2.07. The number of aromatic nitrogens is 4. The third-order valence-electron chi connectivity index (χ3n) is 3.33. The van der Waals surface area contributed by atoms with Gasteiger partial charge in [-0.3, -0.25) is 0 Å². The molecule has 4 rings (SSSR count). The molecule has 0 aliphatic heterocycles. The lowest BCUT2D eigenvalue weighted by molar-refractivity contribution is 0.699. The zero-order valence-electron chi connectivity index (χ0n) is 12.0. The van der Waals surface area contributed by atoms with Crippen molar-refractivity contribution in [2.24, 2.45) is 5.10 Å². The van der Waals surface area contributed by atoms with E-state index in [1.807, 2.05) is 41.8 Å². The summed E-state index contributed by atoms with van der Waals surface area (Å²) >= 11 is 1.60. The maximum atomic E-state index is 4.29. The van der Waals surface area contributed by atoms with Gasteiger partial charge in [0.15, 0.2) is 0 Å². The fourth-order valence-electron chi connectivity index (χ4n) is 2.27. The molecule has 0 saturated heterocycles. The first-order valence-electron chi connectivity index (χ1n) is 7.01. The van der Waals surface area contributed by atoms with Gasteiger partial charge in [0.2, 0.25) is 0 Å². The molecule has 0 aliphatic rings. The standard InChI is InChI=1S/C16H12N6S/c1-2-8-14-12(5-1)6-3-9-15(14)18-16-19-20-21-22(16)17-11-13-7-4-10-23-13/h1-11H,(H,18,19,21)/b17-11+. The van der Waals surface area contributed by atoms with Crippen molar-refractivity contribution in [3.63, 3.8) is 0 Å². The van der Waals surface area contributed by atoms with E-state index in [0.29, 0.717) is 5.95 Å². The fourth-order valence-corrected chi connectivity index (χ4v) is 2.85. The number of thiophene rings is 1. The van der Waals surface area contributed by atoms with E-state index >= 15 is 0 Å². The van der Waals surface area contributed by atoms with Crippen molar-refractivity contribution in [1.82, 2.24) is 20.3 Å². The Morgan fingerprint density at radius 1 is 1.04 bits per heavy atom. The smallest absolute Gasteiger partial charge is 0.269 e. The summed E-state index contributed by atoms with van der Waals surface area (Å²) in [6.45, 7) is 0. The first kappa shape index (κ1) is 13.6. The molecule has 0 amide bonds. The van der Waals surface area contributed by atoms with Crippen LogP contribution in [0.5, 0.6) is 0 Å². The largest absolute Gasteiger partial charge is 0.321 e. The second-order valence-corrected chi connectivity index (χ2v) is 5.78. The zero-order valence-corrected chi connectivity index (χ0v) is 12.8. The first-order valence-corrected chi connectivity index (χ1v) is 7.89. The van der Waals surface area contributed by atoms with Gasteiger partial charge in [-0.1, -0.05) is 52.4 Å². The average molecular weight is 320 g/mol. The topological polar surface area (TPSA) is 68.0 Å². The molecule has 2 aromatic carbocycles. The van der Waals surface area contributed by atoms with Gasteiger partial charge in [-0.25, -0.2) is 0 Å². The van der Waals surface area contributed by atoms with Crippen LogP contribution in [-0.4, -0.2) is 26.5 Å². The molecule has 1 N–H and O–H groups in total. The molecule has 0 atom stereocenters. The molecule has 4 aromatic rings. The van der Waals surface area contributed by atoms with Crippen molar-refractivity contribution in [2.75, 3.05) is 5.32 Å². The minimum atomic E-state index is 0.467. The Kier molecular flexibility index (Phi) is 3.53. The number of nitrogens with zero attached hydrogens (tertiary/aromatic N) is 5. The molecule has 2 heterocycles. The summed E-state index contributed by atoms with van der Waals surface area (Å²) in [5.41, 5.74) is 0.936. The molecular weight excluding hydrogens is 308 g/mol. The second-order valence-electron chi connectivity index (χ2n) is 4.80. The van der Waals surface area contributed by atoms with Gasteiger partial charge in [-0.2, -0.15) is 5.10 Å². The summed E-state index contributed by atoms with van der Waals surface area (Å²) in [6.07, 6.45) is 1.73. The maximum absolute atomic E-state index is 4.29. The molecule has 0 radical (unpaired) electrons. The first-order chi connectivity index (χ1) is 11.4. The van der Waals surface area contributed by atoms with Gasteiger partial charge < -0.3 is 5.32 Å². The quantitative estimate of drug-likeness (QED) is 0.584. The summed E-state index contributed by atoms with van der Waals surface area (Å²) in [5, 5.41) is 23.4. The van der Waals surface area contributed by atoms with Crippen LogP contribution >= 0.6 is 11.3 Å². The normalized spacial score (nSPS) is 11.3. The number of nitrogens with one attached hydrogen (secondary N) is 1. The van der Waals surface area contributed by atoms with Crippen LogP contribution in [0.1, 0.15) is 4.88 Å². The van der Waals surface area contributed by atoms with Crippen molar-refractivity contribution in [2.45, 2.75) is 0 Å². The van der Waals surface area contributed by atoms with Crippen LogP contribution in [0.3, 0.4) is 0 Å². The number of anilines is 2. The van der Waals surface area contributed by atoms with Gasteiger partial charge in [0, 0.05) is 16.0 Å². The molecule has 0 aliphatic carbocycles. The van der Waals surface area contributed by atoms with E-state index in [1.54, 1.807) is 17.6 Å². The van der Waals surface area contributed by atoms with Crippen LogP contribution in [0, 0.1) is 0 Å². The van der Waals surface area contributed by atoms with Crippen LogP contribution in [-0.2, 0) is 0 Å². The third kappa shape index (κ3) is 2.82. The highest BCUT2D eigenvalue weighted by molar-refractivity contribution is 7.11. The molecule has 0 spiro atoms. The van der Waals surface area contributed by atoms with Gasteiger partial charge in [0.05, 0.1) is 6.21 Å². The molecule has 0 saturated carbocycles. The van der Waals surface area contributed by atoms with Gasteiger partial charge >= 0.3 is 0 Å². The SMILES string of the molecule is C(=N\n1nnnc1Nc1cccc2ccccc12)/c1cccs1. The van der Waals surface area contributed by atoms with Gasteiger partial charge in [0.25, 0.3) is 5.95 Å². The summed E-state index contributed by atoms with van der Waals surface area (Å²) < 4.78 is 0. The minimum absolute atomic E-state index is 0.467. The lowest BCUT2D eigenvalue weighted by Crippen LogP contribution is -2.01. The van der Waals surface area contributed by atoms with Crippen molar-refractivity contribution < 1.29 is 0 Å². The van der Waals surface area contributed by atoms with Gasteiger partial charge in [-0.15, -0.1) is 11.3 Å². The molecular formula is C16H12N6S. The van der Waals surface area contributed by atoms with E-state index in [1.165, 1.54) is 4.79 Å². The molecule has 0 unspecified atom stereocenters. The summed E-state index contributed by atoms with van der Waals surface area (Å²) in [5.74, 6) is 0.467. The van der Waals surface area contributed by atoms with E-state index in [9.17, 15) is 0 Å². The van der Waals surface area contributed by atoms with Gasteiger partial charge in [0.1, 0.15) is 0 Å². The summed E-state index contributed by atoms with van der Waals surface area (Å²) in [6, 6.07) is 18.2. The zero-order chi connectivity index (χ0) is 15.5. The molecule has 23 heavy (non-hydrogen) atoms. The van der Waals surface area contributed by atoms with E-state index in [2.05, 4.69) is 44.1 Å². The Morgan fingerprint density at radius 3 is 2.87 bits per heavy atom. The van der Waals surface area contributed by atoms with E-state index < -0.39 is 0 Å². The van der Waals surface area contributed by atoms with E-state index in [0.717, 1.165) is 21.3 Å². The fraction of sp³-hybridized carbons (Fsp3) is 0. The molecule has 6 nitrogen and oxygen atoms in total. The van der Waals surface area contributed by atoms with Gasteiger partial charge in [-0.05, 0) is 33.3 Å². The Hall–Kier alpha value is -3.06. The van der Waals surface area contributed by atoms with Crippen LogP contribution in [0.15, 0.2) is 65.1 Å². The number of fused-ring (bicyclic) bond motifs is 1.